The zero-order valence-electron chi connectivity index (χ0n) is 15.5. The molecular formula is C22H22O5S. The summed E-state index contributed by atoms with van der Waals surface area (Å²) in [6.45, 7) is 0.722. The molecule has 3 aromatic rings. The number of hydrogen-bond donors (Lipinski definition) is 1. The van der Waals surface area contributed by atoms with Crippen molar-refractivity contribution in [2.75, 3.05) is 20.3 Å². The van der Waals surface area contributed by atoms with Gasteiger partial charge in [-0.25, -0.2) is 0 Å². The Balaban J connectivity index is 1.69. The first kappa shape index (κ1) is 19.8. The highest BCUT2D eigenvalue weighted by atomic mass is 32.1. The lowest BCUT2D eigenvalue weighted by atomic mass is 9.97. The van der Waals surface area contributed by atoms with Gasteiger partial charge >= 0.3 is 5.97 Å². The second-order valence-electron chi connectivity index (χ2n) is 6.09. The Hall–Kier alpha value is -2.99. The van der Waals surface area contributed by atoms with Crippen molar-refractivity contribution in [3.63, 3.8) is 0 Å². The van der Waals surface area contributed by atoms with Crippen molar-refractivity contribution in [3.05, 3.63) is 76.5 Å². The smallest absolute Gasteiger partial charge is 0.312 e. The van der Waals surface area contributed by atoms with Crippen molar-refractivity contribution in [2.45, 2.75) is 12.3 Å². The fourth-order valence-electron chi connectivity index (χ4n) is 2.81. The van der Waals surface area contributed by atoms with E-state index in [1.165, 1.54) is 11.3 Å². The van der Waals surface area contributed by atoms with Crippen LogP contribution in [0.4, 0.5) is 0 Å². The van der Waals surface area contributed by atoms with E-state index in [0.717, 1.165) is 16.2 Å². The van der Waals surface area contributed by atoms with E-state index in [1.54, 1.807) is 13.2 Å². The molecule has 1 heterocycles. The number of benzene rings is 2. The highest BCUT2D eigenvalue weighted by Gasteiger charge is 2.23. The Morgan fingerprint density at radius 1 is 1.00 bits per heavy atom. The predicted octanol–water partition coefficient (Wildman–Crippen LogP) is 4.63. The molecule has 0 amide bonds. The summed E-state index contributed by atoms with van der Waals surface area (Å²) in [5, 5.41) is 11.5. The lowest BCUT2D eigenvalue weighted by Gasteiger charge is -2.16. The summed E-state index contributed by atoms with van der Waals surface area (Å²) in [6, 6.07) is 18.7. The summed E-state index contributed by atoms with van der Waals surface area (Å²) in [6.07, 6.45) is 0.342. The molecule has 1 unspecified atom stereocenters. The van der Waals surface area contributed by atoms with Gasteiger partial charge < -0.3 is 19.3 Å². The quantitative estimate of drug-likeness (QED) is 0.505. The van der Waals surface area contributed by atoms with Gasteiger partial charge in [0.05, 0.1) is 13.0 Å². The van der Waals surface area contributed by atoms with E-state index in [4.69, 9.17) is 14.2 Å². The normalized spacial score (nSPS) is 11.6. The maximum absolute atomic E-state index is 11.8. The number of hydrogen-bond acceptors (Lipinski definition) is 5. The molecule has 0 aliphatic rings. The maximum atomic E-state index is 11.8. The Bertz CT molecular complexity index is 877. The minimum Gasteiger partial charge on any atom is -0.497 e. The molecule has 0 radical (unpaired) electrons. The third kappa shape index (κ3) is 5.27. The van der Waals surface area contributed by atoms with Crippen LogP contribution >= 0.6 is 11.3 Å². The first-order chi connectivity index (χ1) is 13.7. The summed E-state index contributed by atoms with van der Waals surface area (Å²) in [7, 11) is 1.59. The van der Waals surface area contributed by atoms with Crippen LogP contribution in [0.15, 0.2) is 66.0 Å². The van der Waals surface area contributed by atoms with Gasteiger partial charge in [0.25, 0.3) is 0 Å². The van der Waals surface area contributed by atoms with Crippen molar-refractivity contribution in [1.29, 1.82) is 0 Å². The van der Waals surface area contributed by atoms with Gasteiger partial charge in [-0.15, -0.1) is 11.3 Å². The number of aliphatic carboxylic acids is 1. The first-order valence-corrected chi connectivity index (χ1v) is 9.79. The lowest BCUT2D eigenvalue weighted by molar-refractivity contribution is -0.138. The molecular weight excluding hydrogens is 376 g/mol. The second kappa shape index (κ2) is 9.80. The third-order valence-corrected chi connectivity index (χ3v) is 5.22. The van der Waals surface area contributed by atoms with Gasteiger partial charge in [0, 0.05) is 10.9 Å². The van der Waals surface area contributed by atoms with Crippen molar-refractivity contribution in [3.8, 4) is 17.2 Å². The standard InChI is InChI=1S/C22H22O5S/c1-25-18-10-9-16(14-19(22(23)24)21-8-5-13-28-21)20(15-18)27-12-11-26-17-6-3-2-4-7-17/h2-10,13,15,19H,11-12,14H2,1H3,(H,23,24). The minimum atomic E-state index is -0.850. The van der Waals surface area contributed by atoms with Crippen LogP contribution in [0.25, 0.3) is 0 Å². The van der Waals surface area contributed by atoms with E-state index in [0.29, 0.717) is 31.1 Å². The SMILES string of the molecule is COc1ccc(CC(C(=O)O)c2cccs2)c(OCCOc2ccccc2)c1. The molecule has 0 saturated carbocycles. The number of methoxy groups -OCH3 is 1. The van der Waals surface area contributed by atoms with E-state index >= 15 is 0 Å². The van der Waals surface area contributed by atoms with Crippen molar-refractivity contribution in [1.82, 2.24) is 0 Å². The van der Waals surface area contributed by atoms with Crippen LogP contribution in [0.3, 0.4) is 0 Å². The topological polar surface area (TPSA) is 65.0 Å². The van der Waals surface area contributed by atoms with Crippen LogP contribution in [0.1, 0.15) is 16.4 Å². The van der Waals surface area contributed by atoms with Crippen LogP contribution in [0, 0.1) is 0 Å². The molecule has 146 valence electrons. The summed E-state index contributed by atoms with van der Waals surface area (Å²) in [4.78, 5) is 12.6. The van der Waals surface area contributed by atoms with Crippen molar-refractivity contribution < 1.29 is 24.1 Å². The van der Waals surface area contributed by atoms with Gasteiger partial charge in [-0.2, -0.15) is 0 Å². The predicted molar refractivity (Wildman–Crippen MR) is 109 cm³/mol. The molecule has 2 aromatic carbocycles. The molecule has 0 fully saturated rings. The summed E-state index contributed by atoms with van der Waals surface area (Å²) in [5.41, 5.74) is 0.821. The Morgan fingerprint density at radius 2 is 1.79 bits per heavy atom. The zero-order valence-corrected chi connectivity index (χ0v) is 16.4. The summed E-state index contributed by atoms with van der Waals surface area (Å²) in [5.74, 6) is 0.582. The van der Waals surface area contributed by atoms with Gasteiger partial charge in [0.1, 0.15) is 30.5 Å². The van der Waals surface area contributed by atoms with Crippen molar-refractivity contribution in [2.24, 2.45) is 0 Å². The number of carboxylic acid groups (broad SMARTS) is 1. The fraction of sp³-hybridized carbons (Fsp3) is 0.227. The van der Waals surface area contributed by atoms with Gasteiger partial charge in [-0.1, -0.05) is 30.3 Å². The largest absolute Gasteiger partial charge is 0.497 e. The number of ether oxygens (including phenoxy) is 3. The average Bonchev–Trinajstić information content (AvgIpc) is 3.25. The van der Waals surface area contributed by atoms with E-state index in [1.807, 2.05) is 60.0 Å². The third-order valence-electron chi connectivity index (χ3n) is 4.24. The van der Waals surface area contributed by atoms with E-state index in [-0.39, 0.29) is 0 Å². The van der Waals surface area contributed by atoms with Gasteiger partial charge in [-0.05, 0) is 41.6 Å². The Kier molecular flexibility index (Phi) is 6.92. The first-order valence-electron chi connectivity index (χ1n) is 8.91. The van der Waals surface area contributed by atoms with Crippen LogP contribution in [-0.2, 0) is 11.2 Å². The maximum Gasteiger partial charge on any atom is 0.312 e. The molecule has 28 heavy (non-hydrogen) atoms. The van der Waals surface area contributed by atoms with Gasteiger partial charge in [0.15, 0.2) is 0 Å². The molecule has 1 aromatic heterocycles. The Morgan fingerprint density at radius 3 is 2.46 bits per heavy atom. The molecule has 1 atom stereocenters. The number of carboxylic acids is 1. The highest BCUT2D eigenvalue weighted by molar-refractivity contribution is 7.10. The van der Waals surface area contributed by atoms with Gasteiger partial charge in [-0.3, -0.25) is 4.79 Å². The second-order valence-corrected chi connectivity index (χ2v) is 7.07. The monoisotopic (exact) mass is 398 g/mol. The molecule has 0 spiro atoms. The zero-order chi connectivity index (χ0) is 19.8. The fourth-order valence-corrected chi connectivity index (χ4v) is 3.63. The molecule has 0 aliphatic carbocycles. The number of para-hydroxylation sites is 1. The summed E-state index contributed by atoms with van der Waals surface area (Å²) >= 11 is 1.44. The molecule has 0 aliphatic heterocycles. The number of rotatable bonds is 10. The van der Waals surface area contributed by atoms with Crippen LogP contribution in [0.2, 0.25) is 0 Å². The minimum absolute atomic E-state index is 0.339. The van der Waals surface area contributed by atoms with E-state index < -0.39 is 11.9 Å². The van der Waals surface area contributed by atoms with Crippen molar-refractivity contribution >= 4 is 17.3 Å². The number of thiophene rings is 1. The Labute approximate surface area is 168 Å². The highest BCUT2D eigenvalue weighted by Crippen LogP contribution is 2.32. The van der Waals surface area contributed by atoms with E-state index in [9.17, 15) is 9.90 Å². The van der Waals surface area contributed by atoms with E-state index in [2.05, 4.69) is 0 Å². The van der Waals surface area contributed by atoms with Gasteiger partial charge in [0.2, 0.25) is 0 Å². The summed E-state index contributed by atoms with van der Waals surface area (Å²) < 4.78 is 16.8. The molecule has 3 rings (SSSR count). The lowest BCUT2D eigenvalue weighted by Crippen LogP contribution is -2.15. The molecule has 5 nitrogen and oxygen atoms in total. The molecule has 6 heteroatoms. The molecule has 0 bridgehead atoms. The molecule has 1 N–H and O–H groups in total. The van der Waals surface area contributed by atoms with Crippen LogP contribution < -0.4 is 14.2 Å². The molecule has 0 saturated heterocycles. The van der Waals surface area contributed by atoms with Crippen LogP contribution in [0.5, 0.6) is 17.2 Å². The van der Waals surface area contributed by atoms with Crippen LogP contribution in [-0.4, -0.2) is 31.4 Å². The number of carbonyl (C=O) groups is 1. The average molecular weight is 398 g/mol.